The van der Waals surface area contributed by atoms with Crippen molar-refractivity contribution in [3.63, 3.8) is 0 Å². The standard InChI is InChI=1S/C15H15ClN4O3/c1-8-17-14(19-18-8)10-6-20(7-10)15(22)13(21)9-3-4-12(23-2)11(16)5-9/h3-5,10H,6-7H2,1-2H3,(H,17,18,19). The number of ketones is 1. The number of aromatic nitrogens is 3. The molecule has 1 fully saturated rings. The molecule has 0 radical (unpaired) electrons. The van der Waals surface area contributed by atoms with Crippen molar-refractivity contribution in [2.75, 3.05) is 20.2 Å². The van der Waals surface area contributed by atoms with E-state index in [4.69, 9.17) is 16.3 Å². The quantitative estimate of drug-likeness (QED) is 0.677. The zero-order valence-electron chi connectivity index (χ0n) is 12.7. The number of hydrogen-bond donors (Lipinski definition) is 1. The first-order chi connectivity index (χ1) is 11.0. The van der Waals surface area contributed by atoms with Gasteiger partial charge >= 0.3 is 0 Å². The van der Waals surface area contributed by atoms with Crippen molar-refractivity contribution in [2.45, 2.75) is 12.8 Å². The summed E-state index contributed by atoms with van der Waals surface area (Å²) in [6.45, 7) is 2.69. The number of halogens is 1. The molecule has 1 aliphatic rings. The Kier molecular flexibility index (Phi) is 4.04. The van der Waals surface area contributed by atoms with Crippen LogP contribution in [0.15, 0.2) is 18.2 Å². The Morgan fingerprint density at radius 3 is 2.70 bits per heavy atom. The number of amides is 1. The molecular formula is C15H15ClN4O3. The SMILES string of the molecule is COc1ccc(C(=O)C(=O)N2CC(c3n[nH]c(C)n3)C2)cc1Cl. The Bertz CT molecular complexity index is 768. The molecule has 2 aromatic rings. The van der Waals surface area contributed by atoms with E-state index in [1.54, 1.807) is 6.07 Å². The highest BCUT2D eigenvalue weighted by Gasteiger charge is 2.37. The van der Waals surface area contributed by atoms with Gasteiger partial charge in [0.2, 0.25) is 5.78 Å². The van der Waals surface area contributed by atoms with Crippen LogP contribution in [0.25, 0.3) is 0 Å². The lowest BCUT2D eigenvalue weighted by Crippen LogP contribution is -2.51. The summed E-state index contributed by atoms with van der Waals surface area (Å²) in [5.74, 6) is 0.796. The predicted molar refractivity (Wildman–Crippen MR) is 82.8 cm³/mol. The van der Waals surface area contributed by atoms with E-state index in [0.717, 1.165) is 5.82 Å². The number of nitrogens with zero attached hydrogens (tertiary/aromatic N) is 3. The van der Waals surface area contributed by atoms with Gasteiger partial charge in [-0.3, -0.25) is 14.7 Å². The molecular weight excluding hydrogens is 320 g/mol. The van der Waals surface area contributed by atoms with Gasteiger partial charge in [-0.05, 0) is 25.1 Å². The van der Waals surface area contributed by atoms with E-state index >= 15 is 0 Å². The van der Waals surface area contributed by atoms with Gasteiger partial charge in [0.05, 0.1) is 18.1 Å². The van der Waals surface area contributed by atoms with Gasteiger partial charge in [-0.1, -0.05) is 11.6 Å². The first kappa shape index (κ1) is 15.5. The predicted octanol–water partition coefficient (Wildman–Crippen LogP) is 1.58. The molecule has 0 saturated carbocycles. The van der Waals surface area contributed by atoms with E-state index in [0.29, 0.717) is 29.7 Å². The third-order valence-corrected chi connectivity index (χ3v) is 4.05. The molecule has 7 nitrogen and oxygen atoms in total. The molecule has 0 atom stereocenters. The van der Waals surface area contributed by atoms with Crippen molar-refractivity contribution in [1.29, 1.82) is 0 Å². The van der Waals surface area contributed by atoms with Crippen LogP contribution in [0, 0.1) is 6.92 Å². The van der Waals surface area contributed by atoms with Crippen molar-refractivity contribution in [3.05, 3.63) is 40.4 Å². The molecule has 1 aromatic heterocycles. The molecule has 1 amide bonds. The maximum atomic E-state index is 12.2. The van der Waals surface area contributed by atoms with Crippen LogP contribution in [0.2, 0.25) is 5.02 Å². The normalized spacial score (nSPS) is 14.5. The Labute approximate surface area is 137 Å². The summed E-state index contributed by atoms with van der Waals surface area (Å²) in [5, 5.41) is 7.14. The second-order valence-corrected chi connectivity index (χ2v) is 5.77. The van der Waals surface area contributed by atoms with Crippen LogP contribution >= 0.6 is 11.6 Å². The average Bonchev–Trinajstić information content (AvgIpc) is 2.91. The lowest BCUT2D eigenvalue weighted by molar-refractivity contribution is -0.130. The molecule has 0 bridgehead atoms. The van der Waals surface area contributed by atoms with Crippen LogP contribution in [0.5, 0.6) is 5.75 Å². The van der Waals surface area contributed by atoms with E-state index in [-0.39, 0.29) is 11.5 Å². The van der Waals surface area contributed by atoms with Crippen LogP contribution in [0.4, 0.5) is 0 Å². The minimum atomic E-state index is -0.584. The fourth-order valence-electron chi connectivity index (χ4n) is 2.42. The van der Waals surface area contributed by atoms with Crippen molar-refractivity contribution < 1.29 is 14.3 Å². The lowest BCUT2D eigenvalue weighted by atomic mass is 9.98. The number of benzene rings is 1. The number of carbonyl (C=O) groups excluding carboxylic acids is 2. The zero-order chi connectivity index (χ0) is 16.6. The number of Topliss-reactive ketones (excluding diaryl/α,β-unsaturated/α-hetero) is 1. The van der Waals surface area contributed by atoms with Crippen molar-refractivity contribution in [2.24, 2.45) is 0 Å². The van der Waals surface area contributed by atoms with Gasteiger partial charge in [0, 0.05) is 18.7 Å². The van der Waals surface area contributed by atoms with Crippen molar-refractivity contribution in [1.82, 2.24) is 20.1 Å². The molecule has 0 spiro atoms. The minimum Gasteiger partial charge on any atom is -0.495 e. The third-order valence-electron chi connectivity index (χ3n) is 3.76. The molecule has 0 aliphatic carbocycles. The number of hydrogen-bond acceptors (Lipinski definition) is 5. The monoisotopic (exact) mass is 334 g/mol. The van der Waals surface area contributed by atoms with E-state index in [1.165, 1.54) is 24.1 Å². The zero-order valence-corrected chi connectivity index (χ0v) is 13.4. The Morgan fingerprint density at radius 1 is 1.39 bits per heavy atom. The maximum Gasteiger partial charge on any atom is 0.295 e. The van der Waals surface area contributed by atoms with Crippen LogP contribution in [0.3, 0.4) is 0 Å². The van der Waals surface area contributed by atoms with Gasteiger partial charge in [-0.15, -0.1) is 0 Å². The highest BCUT2D eigenvalue weighted by Crippen LogP contribution is 2.27. The first-order valence-corrected chi connectivity index (χ1v) is 7.43. The van der Waals surface area contributed by atoms with E-state index in [1.807, 2.05) is 6.92 Å². The molecule has 2 heterocycles. The Balaban J connectivity index is 1.65. The summed E-state index contributed by atoms with van der Waals surface area (Å²) in [6.07, 6.45) is 0. The number of ether oxygens (including phenoxy) is 1. The molecule has 3 rings (SSSR count). The fraction of sp³-hybridized carbons (Fsp3) is 0.333. The number of nitrogens with one attached hydrogen (secondary N) is 1. The Morgan fingerprint density at radius 2 is 2.13 bits per heavy atom. The van der Waals surface area contributed by atoms with Gasteiger partial charge in [0.25, 0.3) is 5.91 Å². The van der Waals surface area contributed by atoms with E-state index in [9.17, 15) is 9.59 Å². The summed E-state index contributed by atoms with van der Waals surface area (Å²) in [7, 11) is 1.48. The summed E-state index contributed by atoms with van der Waals surface area (Å²) in [5.41, 5.74) is 0.248. The highest BCUT2D eigenvalue weighted by molar-refractivity contribution is 6.43. The minimum absolute atomic E-state index is 0.0659. The van der Waals surface area contributed by atoms with Gasteiger partial charge < -0.3 is 9.64 Å². The molecule has 1 N–H and O–H groups in total. The highest BCUT2D eigenvalue weighted by atomic mass is 35.5. The Hall–Kier alpha value is -2.41. The van der Waals surface area contributed by atoms with Crippen molar-refractivity contribution >= 4 is 23.3 Å². The molecule has 120 valence electrons. The third kappa shape index (κ3) is 2.92. The number of aryl methyl sites for hydroxylation is 1. The lowest BCUT2D eigenvalue weighted by Gasteiger charge is -2.37. The largest absolute Gasteiger partial charge is 0.495 e. The summed E-state index contributed by atoms with van der Waals surface area (Å²) < 4.78 is 5.03. The summed E-state index contributed by atoms with van der Waals surface area (Å²) in [4.78, 5) is 30.2. The first-order valence-electron chi connectivity index (χ1n) is 7.05. The van der Waals surface area contributed by atoms with Crippen LogP contribution in [-0.4, -0.2) is 52.0 Å². The maximum absolute atomic E-state index is 12.2. The smallest absolute Gasteiger partial charge is 0.295 e. The second kappa shape index (κ2) is 6.00. The molecule has 1 aromatic carbocycles. The second-order valence-electron chi connectivity index (χ2n) is 5.36. The van der Waals surface area contributed by atoms with Crippen LogP contribution in [0.1, 0.15) is 27.9 Å². The number of rotatable bonds is 4. The van der Waals surface area contributed by atoms with E-state index in [2.05, 4.69) is 15.2 Å². The topological polar surface area (TPSA) is 88.2 Å². The number of carbonyl (C=O) groups is 2. The molecule has 23 heavy (non-hydrogen) atoms. The van der Waals surface area contributed by atoms with Gasteiger partial charge in [-0.25, -0.2) is 4.98 Å². The van der Waals surface area contributed by atoms with Gasteiger partial charge in [0.15, 0.2) is 5.82 Å². The van der Waals surface area contributed by atoms with Crippen LogP contribution < -0.4 is 4.74 Å². The summed E-state index contributed by atoms with van der Waals surface area (Å²) >= 11 is 5.99. The summed E-state index contributed by atoms with van der Waals surface area (Å²) in [6, 6.07) is 4.54. The molecule has 1 saturated heterocycles. The number of likely N-dealkylation sites (tertiary alicyclic amines) is 1. The van der Waals surface area contributed by atoms with E-state index < -0.39 is 11.7 Å². The number of H-pyrrole nitrogens is 1. The molecule has 1 aliphatic heterocycles. The van der Waals surface area contributed by atoms with Crippen LogP contribution in [-0.2, 0) is 4.79 Å². The van der Waals surface area contributed by atoms with Crippen molar-refractivity contribution in [3.8, 4) is 5.75 Å². The number of aromatic amines is 1. The molecule has 0 unspecified atom stereocenters. The number of methoxy groups -OCH3 is 1. The fourth-order valence-corrected chi connectivity index (χ4v) is 2.68. The molecule has 8 heteroatoms. The average molecular weight is 335 g/mol. The van der Waals surface area contributed by atoms with Gasteiger partial charge in [-0.2, -0.15) is 5.10 Å². The van der Waals surface area contributed by atoms with Gasteiger partial charge in [0.1, 0.15) is 11.6 Å².